The highest BCUT2D eigenvalue weighted by Gasteiger charge is 2.19. The van der Waals surface area contributed by atoms with Crippen LogP contribution < -0.4 is 0 Å². The van der Waals surface area contributed by atoms with Crippen molar-refractivity contribution in [3.05, 3.63) is 48.6 Å². The number of carbonyl (C=O) groups is 3. The Labute approximate surface area is 409 Å². The van der Waals surface area contributed by atoms with Gasteiger partial charge in [0.15, 0.2) is 6.10 Å². The van der Waals surface area contributed by atoms with E-state index in [1.165, 1.54) is 186 Å². The fourth-order valence-electron chi connectivity index (χ4n) is 8.34. The van der Waals surface area contributed by atoms with Crippen LogP contribution in [0.15, 0.2) is 48.6 Å². The van der Waals surface area contributed by atoms with E-state index >= 15 is 0 Å². The number of carbonyl (C=O) groups excluding carboxylic acids is 3. The van der Waals surface area contributed by atoms with Gasteiger partial charge in [0, 0.05) is 19.3 Å². The van der Waals surface area contributed by atoms with Crippen LogP contribution >= 0.6 is 0 Å². The number of rotatable bonds is 52. The Morgan fingerprint density at radius 3 is 0.924 bits per heavy atom. The van der Waals surface area contributed by atoms with E-state index in [9.17, 15) is 14.4 Å². The van der Waals surface area contributed by atoms with Gasteiger partial charge >= 0.3 is 17.9 Å². The molecule has 0 saturated heterocycles. The van der Waals surface area contributed by atoms with Crippen LogP contribution in [0.2, 0.25) is 0 Å². The van der Waals surface area contributed by atoms with Gasteiger partial charge in [0.25, 0.3) is 0 Å². The molecule has 384 valence electrons. The Balaban J connectivity index is 4.32. The Kier molecular flexibility index (Phi) is 52.8. The monoisotopic (exact) mass is 925 g/mol. The predicted octanol–water partition coefficient (Wildman–Crippen LogP) is 19.0. The molecule has 0 aromatic heterocycles. The molecule has 0 spiro atoms. The SMILES string of the molecule is CC/C=C\C/C=C\C/C=C\C/C=C\CCC(=O)OCC(COC(=O)CCCCCCCCCCCCCCCCCCCCCCC)OC(=O)CCCCCCCCCCCCCCCC. The van der Waals surface area contributed by atoms with Crippen LogP contribution in [0.5, 0.6) is 0 Å². The van der Waals surface area contributed by atoms with Gasteiger partial charge in [-0.05, 0) is 44.9 Å². The Bertz CT molecular complexity index is 1150. The third-order valence-electron chi connectivity index (χ3n) is 12.6. The van der Waals surface area contributed by atoms with Crippen molar-refractivity contribution in [2.45, 2.75) is 303 Å². The lowest BCUT2D eigenvalue weighted by atomic mass is 10.0. The summed E-state index contributed by atoms with van der Waals surface area (Å²) < 4.78 is 16.8. The fourth-order valence-corrected chi connectivity index (χ4v) is 8.34. The van der Waals surface area contributed by atoms with E-state index in [4.69, 9.17) is 14.2 Å². The first-order valence-electron chi connectivity index (χ1n) is 28.6. The van der Waals surface area contributed by atoms with Gasteiger partial charge < -0.3 is 14.2 Å². The molecule has 6 nitrogen and oxygen atoms in total. The molecule has 0 saturated carbocycles. The summed E-state index contributed by atoms with van der Waals surface area (Å²) in [6.07, 6.45) is 67.0. The number of hydrogen-bond donors (Lipinski definition) is 0. The molecule has 0 bridgehead atoms. The minimum atomic E-state index is -0.797. The smallest absolute Gasteiger partial charge is 0.306 e. The average molecular weight is 926 g/mol. The maximum Gasteiger partial charge on any atom is 0.306 e. The van der Waals surface area contributed by atoms with Crippen LogP contribution in [0.25, 0.3) is 0 Å². The quantitative estimate of drug-likeness (QED) is 0.0262. The molecular weight excluding hydrogens is 817 g/mol. The van der Waals surface area contributed by atoms with E-state index in [-0.39, 0.29) is 37.5 Å². The summed E-state index contributed by atoms with van der Waals surface area (Å²) in [7, 11) is 0. The molecule has 0 radical (unpaired) electrons. The van der Waals surface area contributed by atoms with E-state index in [1.54, 1.807) is 0 Å². The second kappa shape index (κ2) is 55.0. The molecule has 0 aliphatic heterocycles. The normalized spacial score (nSPS) is 12.3. The van der Waals surface area contributed by atoms with Gasteiger partial charge in [-0.15, -0.1) is 0 Å². The molecule has 0 aromatic carbocycles. The van der Waals surface area contributed by atoms with Crippen molar-refractivity contribution < 1.29 is 28.6 Å². The van der Waals surface area contributed by atoms with Gasteiger partial charge in [0.1, 0.15) is 13.2 Å². The number of unbranched alkanes of at least 4 members (excludes halogenated alkanes) is 33. The van der Waals surface area contributed by atoms with Crippen molar-refractivity contribution in [2.75, 3.05) is 13.2 Å². The Hall–Kier alpha value is -2.63. The van der Waals surface area contributed by atoms with Crippen molar-refractivity contribution in [1.29, 1.82) is 0 Å². The summed E-state index contributed by atoms with van der Waals surface area (Å²) in [6, 6.07) is 0. The van der Waals surface area contributed by atoms with Crippen molar-refractivity contribution in [3.8, 4) is 0 Å². The van der Waals surface area contributed by atoms with Gasteiger partial charge in [-0.2, -0.15) is 0 Å². The first-order chi connectivity index (χ1) is 32.5. The first kappa shape index (κ1) is 63.4. The number of hydrogen-bond acceptors (Lipinski definition) is 6. The van der Waals surface area contributed by atoms with Crippen LogP contribution in [0.1, 0.15) is 297 Å². The van der Waals surface area contributed by atoms with Crippen molar-refractivity contribution >= 4 is 17.9 Å². The molecule has 0 aliphatic carbocycles. The molecule has 0 fully saturated rings. The largest absolute Gasteiger partial charge is 0.462 e. The Morgan fingerprint density at radius 1 is 0.318 bits per heavy atom. The molecule has 0 amide bonds. The Morgan fingerprint density at radius 2 is 0.591 bits per heavy atom. The third-order valence-corrected chi connectivity index (χ3v) is 12.6. The highest BCUT2D eigenvalue weighted by atomic mass is 16.6. The lowest BCUT2D eigenvalue weighted by Crippen LogP contribution is -2.30. The van der Waals surface area contributed by atoms with Crippen molar-refractivity contribution in [2.24, 2.45) is 0 Å². The second-order valence-corrected chi connectivity index (χ2v) is 19.2. The summed E-state index contributed by atoms with van der Waals surface area (Å²) in [6.45, 7) is 6.50. The van der Waals surface area contributed by atoms with E-state index in [0.717, 1.165) is 64.2 Å². The van der Waals surface area contributed by atoms with Crippen LogP contribution in [-0.2, 0) is 28.6 Å². The molecular formula is C60H108O6. The number of ether oxygens (including phenoxy) is 3. The summed E-state index contributed by atoms with van der Waals surface area (Å²) >= 11 is 0. The van der Waals surface area contributed by atoms with Crippen LogP contribution in [0.3, 0.4) is 0 Å². The standard InChI is InChI=1S/C60H108O6/c1-4-7-10-13-16-19-22-25-27-28-29-30-31-32-33-36-38-41-44-47-50-53-59(62)65-56-57(55-64-58(61)52-49-46-43-40-37-34-24-21-18-15-12-9-6-3)66-60(63)54-51-48-45-42-39-35-26-23-20-17-14-11-8-5-2/h9,12,18,21,34,37,43,46,57H,4-8,10-11,13-17,19-20,22-33,35-36,38-42,44-45,47-56H2,1-3H3/b12-9-,21-18-,37-34-,46-43-. The maximum atomic E-state index is 12.8. The van der Waals surface area contributed by atoms with E-state index < -0.39 is 6.10 Å². The number of esters is 3. The minimum Gasteiger partial charge on any atom is -0.462 e. The van der Waals surface area contributed by atoms with E-state index in [0.29, 0.717) is 19.3 Å². The zero-order valence-corrected chi connectivity index (χ0v) is 44.0. The van der Waals surface area contributed by atoms with Crippen LogP contribution in [-0.4, -0.2) is 37.2 Å². The lowest BCUT2D eigenvalue weighted by molar-refractivity contribution is -0.166. The fraction of sp³-hybridized carbons (Fsp3) is 0.817. The molecule has 0 N–H and O–H groups in total. The molecule has 6 heteroatoms. The van der Waals surface area contributed by atoms with Gasteiger partial charge in [0.2, 0.25) is 0 Å². The number of allylic oxidation sites excluding steroid dienone is 8. The summed E-state index contributed by atoms with van der Waals surface area (Å²) in [5.74, 6) is -0.960. The topological polar surface area (TPSA) is 78.9 Å². The van der Waals surface area contributed by atoms with Crippen LogP contribution in [0.4, 0.5) is 0 Å². The second-order valence-electron chi connectivity index (χ2n) is 19.2. The third kappa shape index (κ3) is 52.3. The molecule has 0 aliphatic rings. The van der Waals surface area contributed by atoms with E-state index in [2.05, 4.69) is 63.3 Å². The molecule has 66 heavy (non-hydrogen) atoms. The lowest BCUT2D eigenvalue weighted by Gasteiger charge is -2.18. The van der Waals surface area contributed by atoms with Crippen molar-refractivity contribution in [3.63, 3.8) is 0 Å². The van der Waals surface area contributed by atoms with Crippen molar-refractivity contribution in [1.82, 2.24) is 0 Å². The van der Waals surface area contributed by atoms with Gasteiger partial charge in [-0.25, -0.2) is 0 Å². The van der Waals surface area contributed by atoms with Crippen LogP contribution in [0, 0.1) is 0 Å². The summed E-state index contributed by atoms with van der Waals surface area (Å²) in [5.41, 5.74) is 0. The van der Waals surface area contributed by atoms with Gasteiger partial charge in [-0.1, -0.05) is 281 Å². The molecule has 0 heterocycles. The van der Waals surface area contributed by atoms with E-state index in [1.807, 2.05) is 6.08 Å². The highest BCUT2D eigenvalue weighted by molar-refractivity contribution is 5.71. The summed E-state index contributed by atoms with van der Waals surface area (Å²) in [5, 5.41) is 0. The maximum absolute atomic E-state index is 12.8. The van der Waals surface area contributed by atoms with Gasteiger partial charge in [-0.3, -0.25) is 14.4 Å². The average Bonchev–Trinajstić information content (AvgIpc) is 3.31. The molecule has 0 aromatic rings. The zero-order valence-electron chi connectivity index (χ0n) is 44.0. The molecule has 0 rings (SSSR count). The first-order valence-corrected chi connectivity index (χ1v) is 28.6. The molecule has 1 unspecified atom stereocenters. The zero-order chi connectivity index (χ0) is 47.9. The predicted molar refractivity (Wildman–Crippen MR) is 284 cm³/mol. The molecule has 1 atom stereocenters. The minimum absolute atomic E-state index is 0.0906. The highest BCUT2D eigenvalue weighted by Crippen LogP contribution is 2.17. The van der Waals surface area contributed by atoms with Gasteiger partial charge in [0.05, 0.1) is 0 Å². The summed E-state index contributed by atoms with van der Waals surface area (Å²) in [4.78, 5) is 38.0.